The molecule has 100 valence electrons. The molecule has 3 atom stereocenters. The summed E-state index contributed by atoms with van der Waals surface area (Å²) in [6, 6.07) is 0. The van der Waals surface area contributed by atoms with Crippen LogP contribution in [0.2, 0.25) is 0 Å². The minimum absolute atomic E-state index is 0.00629. The van der Waals surface area contributed by atoms with Crippen LogP contribution in [0.15, 0.2) is 11.1 Å². The number of anilines is 1. The van der Waals surface area contributed by atoms with Gasteiger partial charge < -0.3 is 15.2 Å². The van der Waals surface area contributed by atoms with Crippen LogP contribution in [0.1, 0.15) is 26.0 Å². The zero-order valence-electron chi connectivity index (χ0n) is 10.6. The quantitative estimate of drug-likeness (QED) is 0.827. The maximum Gasteiger partial charge on any atom is 0.354 e. The number of nitrogen functional groups attached to an aromatic ring is 1. The van der Waals surface area contributed by atoms with Crippen molar-refractivity contribution in [2.75, 3.05) is 19.5 Å². The van der Waals surface area contributed by atoms with Gasteiger partial charge in [0, 0.05) is 7.11 Å². The molecule has 2 unspecified atom stereocenters. The predicted octanol–water partition coefficient (Wildman–Crippen LogP) is 0.181. The van der Waals surface area contributed by atoms with Gasteiger partial charge in [-0.3, -0.25) is 4.57 Å². The number of nitrogens with two attached hydrogens (primary N) is 1. The van der Waals surface area contributed by atoms with Crippen molar-refractivity contribution in [2.45, 2.75) is 32.1 Å². The topological polar surface area (TPSA) is 92.3 Å². The fraction of sp³-hybridized carbons (Fsp3) is 0.727. The molecular weight excluding hydrogens is 236 g/mol. The van der Waals surface area contributed by atoms with Gasteiger partial charge in [0.15, 0.2) is 0 Å². The van der Waals surface area contributed by atoms with E-state index in [1.54, 1.807) is 7.11 Å². The van der Waals surface area contributed by atoms with Gasteiger partial charge in [-0.25, -0.2) is 9.78 Å². The maximum atomic E-state index is 11.7. The summed E-state index contributed by atoms with van der Waals surface area (Å²) in [6.45, 7) is 2.65. The molecule has 1 saturated heterocycles. The lowest BCUT2D eigenvalue weighted by molar-refractivity contribution is -0.128. The third kappa shape index (κ3) is 2.85. The van der Waals surface area contributed by atoms with Crippen molar-refractivity contribution < 1.29 is 9.47 Å². The smallest absolute Gasteiger partial charge is 0.354 e. The number of rotatable bonds is 3. The van der Waals surface area contributed by atoms with E-state index in [9.17, 15) is 4.79 Å². The summed E-state index contributed by atoms with van der Waals surface area (Å²) >= 11 is 0. The minimum atomic E-state index is -0.433. The van der Waals surface area contributed by atoms with Crippen LogP contribution in [0.4, 0.5) is 5.95 Å². The van der Waals surface area contributed by atoms with E-state index in [0.717, 1.165) is 12.8 Å². The van der Waals surface area contributed by atoms with Crippen molar-refractivity contribution in [2.24, 2.45) is 5.92 Å². The van der Waals surface area contributed by atoms with E-state index < -0.39 is 5.69 Å². The van der Waals surface area contributed by atoms with E-state index in [1.165, 1.54) is 10.9 Å². The van der Waals surface area contributed by atoms with Gasteiger partial charge in [0.2, 0.25) is 5.95 Å². The molecule has 2 heterocycles. The summed E-state index contributed by atoms with van der Waals surface area (Å²) in [6.07, 6.45) is 2.72. The number of ether oxygens (including phenoxy) is 2. The Morgan fingerprint density at radius 1 is 1.61 bits per heavy atom. The molecule has 1 aromatic heterocycles. The van der Waals surface area contributed by atoms with Crippen LogP contribution in [-0.2, 0) is 9.47 Å². The number of aromatic nitrogens is 3. The Morgan fingerprint density at radius 3 is 3.06 bits per heavy atom. The first kappa shape index (κ1) is 13.0. The summed E-state index contributed by atoms with van der Waals surface area (Å²) in [7, 11) is 1.64. The van der Waals surface area contributed by atoms with E-state index in [2.05, 4.69) is 16.9 Å². The van der Waals surface area contributed by atoms with E-state index in [4.69, 9.17) is 15.2 Å². The molecule has 2 rings (SSSR count). The summed E-state index contributed by atoms with van der Waals surface area (Å²) < 4.78 is 12.3. The van der Waals surface area contributed by atoms with E-state index in [1.807, 2.05) is 0 Å². The number of nitrogens with zero attached hydrogens (tertiary/aromatic N) is 3. The Hall–Kier alpha value is -1.47. The van der Waals surface area contributed by atoms with Crippen LogP contribution in [0.3, 0.4) is 0 Å². The SMILES string of the molecule is COC[C@@H]1CC(C)CC(n2cnc(N)nc2=O)O1. The predicted molar refractivity (Wildman–Crippen MR) is 64.9 cm³/mol. The van der Waals surface area contributed by atoms with Gasteiger partial charge in [-0.05, 0) is 18.8 Å². The van der Waals surface area contributed by atoms with Crippen molar-refractivity contribution in [3.8, 4) is 0 Å². The zero-order valence-corrected chi connectivity index (χ0v) is 10.6. The molecule has 7 heteroatoms. The van der Waals surface area contributed by atoms with Crippen LogP contribution in [0.25, 0.3) is 0 Å². The van der Waals surface area contributed by atoms with E-state index in [-0.39, 0.29) is 18.3 Å². The molecule has 1 fully saturated rings. The maximum absolute atomic E-state index is 11.7. The van der Waals surface area contributed by atoms with Gasteiger partial charge in [-0.2, -0.15) is 4.98 Å². The van der Waals surface area contributed by atoms with Crippen LogP contribution >= 0.6 is 0 Å². The fourth-order valence-corrected chi connectivity index (χ4v) is 2.25. The van der Waals surface area contributed by atoms with Crippen LogP contribution in [0, 0.1) is 5.92 Å². The summed E-state index contributed by atoms with van der Waals surface area (Å²) in [5, 5.41) is 0. The summed E-state index contributed by atoms with van der Waals surface area (Å²) in [5.41, 5.74) is 4.93. The molecule has 1 aliphatic rings. The molecule has 0 amide bonds. The molecule has 0 aliphatic carbocycles. The molecular formula is C11H18N4O3. The minimum Gasteiger partial charge on any atom is -0.382 e. The highest BCUT2D eigenvalue weighted by atomic mass is 16.5. The molecule has 7 nitrogen and oxygen atoms in total. The van der Waals surface area contributed by atoms with E-state index >= 15 is 0 Å². The normalized spacial score (nSPS) is 28.2. The Kier molecular flexibility index (Phi) is 3.93. The van der Waals surface area contributed by atoms with Crippen molar-refractivity contribution >= 4 is 5.95 Å². The number of hydrogen-bond donors (Lipinski definition) is 1. The third-order valence-electron chi connectivity index (χ3n) is 3.03. The average Bonchev–Trinajstić information content (AvgIpc) is 2.28. The van der Waals surface area contributed by atoms with Crippen molar-refractivity contribution in [3.63, 3.8) is 0 Å². The Bertz CT molecular complexity index is 462. The first-order valence-corrected chi connectivity index (χ1v) is 5.95. The van der Waals surface area contributed by atoms with Crippen molar-refractivity contribution in [3.05, 3.63) is 16.8 Å². The second-order valence-electron chi connectivity index (χ2n) is 4.65. The second-order valence-corrected chi connectivity index (χ2v) is 4.65. The van der Waals surface area contributed by atoms with Crippen molar-refractivity contribution in [1.29, 1.82) is 0 Å². The average molecular weight is 254 g/mol. The Balaban J connectivity index is 2.18. The first-order chi connectivity index (χ1) is 8.60. The lowest BCUT2D eigenvalue weighted by Gasteiger charge is -2.33. The van der Waals surface area contributed by atoms with Gasteiger partial charge in [0.25, 0.3) is 0 Å². The molecule has 0 saturated carbocycles. The lowest BCUT2D eigenvalue weighted by atomic mass is 9.96. The highest BCUT2D eigenvalue weighted by Gasteiger charge is 2.29. The fourth-order valence-electron chi connectivity index (χ4n) is 2.25. The molecule has 18 heavy (non-hydrogen) atoms. The number of hydrogen-bond acceptors (Lipinski definition) is 6. The highest BCUT2D eigenvalue weighted by Crippen LogP contribution is 2.30. The Morgan fingerprint density at radius 2 is 2.39 bits per heavy atom. The standard InChI is InChI=1S/C11H18N4O3/c1-7-3-8(5-17-2)18-9(4-7)15-6-13-10(12)14-11(15)16/h6-9H,3-5H2,1-2H3,(H2,12,14,16)/t7?,8-,9?/m0/s1. The summed E-state index contributed by atoms with van der Waals surface area (Å²) in [4.78, 5) is 19.2. The molecule has 0 radical (unpaired) electrons. The van der Waals surface area contributed by atoms with Gasteiger partial charge in [-0.15, -0.1) is 0 Å². The molecule has 0 bridgehead atoms. The van der Waals surface area contributed by atoms with Crippen LogP contribution in [-0.4, -0.2) is 34.4 Å². The van der Waals surface area contributed by atoms with Gasteiger partial charge in [-0.1, -0.05) is 6.92 Å². The second kappa shape index (κ2) is 5.45. The molecule has 1 aromatic rings. The summed E-state index contributed by atoms with van der Waals surface area (Å²) in [5.74, 6) is 0.432. The van der Waals surface area contributed by atoms with Crippen LogP contribution in [0.5, 0.6) is 0 Å². The van der Waals surface area contributed by atoms with Crippen LogP contribution < -0.4 is 11.4 Å². The third-order valence-corrected chi connectivity index (χ3v) is 3.03. The molecule has 2 N–H and O–H groups in total. The van der Waals surface area contributed by atoms with Crippen molar-refractivity contribution in [1.82, 2.24) is 14.5 Å². The molecule has 0 spiro atoms. The molecule has 1 aliphatic heterocycles. The first-order valence-electron chi connectivity index (χ1n) is 5.95. The van der Waals surface area contributed by atoms with Gasteiger partial charge in [0.1, 0.15) is 12.6 Å². The van der Waals surface area contributed by atoms with E-state index in [0.29, 0.717) is 12.5 Å². The molecule has 0 aromatic carbocycles. The Labute approximate surface area is 105 Å². The highest BCUT2D eigenvalue weighted by molar-refractivity contribution is 5.09. The number of methoxy groups -OCH3 is 1. The monoisotopic (exact) mass is 254 g/mol. The van der Waals surface area contributed by atoms with Gasteiger partial charge >= 0.3 is 5.69 Å². The lowest BCUT2D eigenvalue weighted by Crippen LogP contribution is -2.38. The largest absolute Gasteiger partial charge is 0.382 e. The zero-order chi connectivity index (χ0) is 13.1. The van der Waals surface area contributed by atoms with Gasteiger partial charge in [0.05, 0.1) is 12.7 Å².